The molecule has 0 spiro atoms. The predicted octanol–water partition coefficient (Wildman–Crippen LogP) is 4.15. The van der Waals surface area contributed by atoms with Gasteiger partial charge in [-0.1, -0.05) is 36.7 Å². The monoisotopic (exact) mass is 350 g/mol. The fraction of sp³-hybridized carbons (Fsp3) is 0.368. The first kappa shape index (κ1) is 18.7. The molecule has 0 unspecified atom stereocenters. The molecule has 0 radical (unpaired) electrons. The van der Waals surface area contributed by atoms with Crippen LogP contribution in [-0.2, 0) is 13.2 Å². The highest BCUT2D eigenvalue weighted by molar-refractivity contribution is 6.30. The highest BCUT2D eigenvalue weighted by Crippen LogP contribution is 2.24. The third-order valence-corrected chi connectivity index (χ3v) is 3.87. The standard InChI is InChI=1S/C19H24ClFN2O/c1-2-22-10-5-11-23-13-16-12-17(20)8-9-19(16)24-14-15-6-3-4-7-18(15)21/h3-4,6-9,12,22-23H,2,5,10-11,13-14H2,1H3. The van der Waals surface area contributed by atoms with E-state index in [2.05, 4.69) is 17.6 Å². The number of hydrogen-bond acceptors (Lipinski definition) is 3. The average Bonchev–Trinajstić information content (AvgIpc) is 2.58. The second-order valence-electron chi connectivity index (χ2n) is 5.52. The van der Waals surface area contributed by atoms with E-state index in [4.69, 9.17) is 16.3 Å². The number of halogens is 2. The van der Waals surface area contributed by atoms with Gasteiger partial charge in [0.05, 0.1) is 0 Å². The van der Waals surface area contributed by atoms with Crippen LogP contribution in [0.2, 0.25) is 5.02 Å². The number of benzene rings is 2. The van der Waals surface area contributed by atoms with E-state index >= 15 is 0 Å². The Hall–Kier alpha value is -1.62. The van der Waals surface area contributed by atoms with E-state index in [1.54, 1.807) is 24.3 Å². The molecule has 0 heterocycles. The predicted molar refractivity (Wildman–Crippen MR) is 97.1 cm³/mol. The molecule has 24 heavy (non-hydrogen) atoms. The van der Waals surface area contributed by atoms with Crippen LogP contribution in [0, 0.1) is 5.82 Å². The summed E-state index contributed by atoms with van der Waals surface area (Å²) < 4.78 is 19.5. The molecule has 130 valence electrons. The zero-order valence-electron chi connectivity index (χ0n) is 13.9. The molecular formula is C19H24ClFN2O. The van der Waals surface area contributed by atoms with Crippen LogP contribution in [0.3, 0.4) is 0 Å². The van der Waals surface area contributed by atoms with Crippen molar-refractivity contribution >= 4 is 11.6 Å². The third kappa shape index (κ3) is 6.11. The minimum atomic E-state index is -0.255. The third-order valence-electron chi connectivity index (χ3n) is 3.64. The highest BCUT2D eigenvalue weighted by atomic mass is 35.5. The van der Waals surface area contributed by atoms with Crippen LogP contribution in [0.15, 0.2) is 42.5 Å². The molecule has 0 saturated heterocycles. The van der Waals surface area contributed by atoms with E-state index in [9.17, 15) is 4.39 Å². The first-order valence-corrected chi connectivity index (χ1v) is 8.64. The molecular weight excluding hydrogens is 327 g/mol. The molecule has 0 atom stereocenters. The molecule has 2 N–H and O–H groups in total. The zero-order valence-corrected chi connectivity index (χ0v) is 14.7. The van der Waals surface area contributed by atoms with Crippen LogP contribution in [0.1, 0.15) is 24.5 Å². The lowest BCUT2D eigenvalue weighted by atomic mass is 10.2. The van der Waals surface area contributed by atoms with Crippen molar-refractivity contribution in [1.29, 1.82) is 0 Å². The van der Waals surface area contributed by atoms with Gasteiger partial charge in [0, 0.05) is 22.7 Å². The Morgan fingerprint density at radius 1 is 1.04 bits per heavy atom. The molecule has 0 fully saturated rings. The summed E-state index contributed by atoms with van der Waals surface area (Å²) in [5.41, 5.74) is 1.51. The summed E-state index contributed by atoms with van der Waals surface area (Å²) >= 11 is 6.09. The first-order chi connectivity index (χ1) is 11.7. The van der Waals surface area contributed by atoms with Gasteiger partial charge in [-0.2, -0.15) is 0 Å². The Kier molecular flexibility index (Phi) is 8.02. The molecule has 0 aliphatic rings. The fourth-order valence-electron chi connectivity index (χ4n) is 2.34. The normalized spacial score (nSPS) is 10.8. The van der Waals surface area contributed by atoms with Gasteiger partial charge in [0.15, 0.2) is 0 Å². The number of ether oxygens (including phenoxy) is 1. The Morgan fingerprint density at radius 3 is 2.62 bits per heavy atom. The summed E-state index contributed by atoms with van der Waals surface area (Å²) in [7, 11) is 0. The van der Waals surface area contributed by atoms with E-state index in [1.165, 1.54) is 6.07 Å². The molecule has 2 aromatic rings. The summed E-state index contributed by atoms with van der Waals surface area (Å²) in [6.45, 7) is 5.85. The molecule has 0 aromatic heterocycles. The van der Waals surface area contributed by atoms with Crippen LogP contribution in [0.5, 0.6) is 5.75 Å². The topological polar surface area (TPSA) is 33.3 Å². The number of nitrogens with one attached hydrogen (secondary N) is 2. The van der Waals surface area contributed by atoms with E-state index in [0.29, 0.717) is 17.1 Å². The maximum Gasteiger partial charge on any atom is 0.129 e. The lowest BCUT2D eigenvalue weighted by Crippen LogP contribution is -2.21. The van der Waals surface area contributed by atoms with E-state index < -0.39 is 0 Å². The average molecular weight is 351 g/mol. The second kappa shape index (κ2) is 10.3. The molecule has 0 aliphatic heterocycles. The minimum Gasteiger partial charge on any atom is -0.488 e. The molecule has 5 heteroatoms. The Labute approximate surface area is 148 Å². The summed E-state index contributed by atoms with van der Waals surface area (Å²) in [6, 6.07) is 12.1. The van der Waals surface area contributed by atoms with Gasteiger partial charge < -0.3 is 15.4 Å². The summed E-state index contributed by atoms with van der Waals surface area (Å²) in [5, 5.41) is 7.34. The lowest BCUT2D eigenvalue weighted by Gasteiger charge is -2.13. The molecule has 0 bridgehead atoms. The van der Waals surface area contributed by atoms with Gasteiger partial charge in [0.25, 0.3) is 0 Å². The summed E-state index contributed by atoms with van der Waals surface area (Å²) in [4.78, 5) is 0. The van der Waals surface area contributed by atoms with Gasteiger partial charge in [0.2, 0.25) is 0 Å². The van der Waals surface area contributed by atoms with Gasteiger partial charge in [-0.05, 0) is 50.3 Å². The van der Waals surface area contributed by atoms with Gasteiger partial charge in [-0.3, -0.25) is 0 Å². The van der Waals surface area contributed by atoms with E-state index in [1.807, 2.05) is 12.1 Å². The van der Waals surface area contributed by atoms with Gasteiger partial charge in [0.1, 0.15) is 18.2 Å². The van der Waals surface area contributed by atoms with E-state index in [-0.39, 0.29) is 12.4 Å². The van der Waals surface area contributed by atoms with Crippen molar-refractivity contribution in [2.45, 2.75) is 26.5 Å². The number of rotatable bonds is 10. The van der Waals surface area contributed by atoms with Crippen LogP contribution < -0.4 is 15.4 Å². The highest BCUT2D eigenvalue weighted by Gasteiger charge is 2.07. The molecule has 3 nitrogen and oxygen atoms in total. The van der Waals surface area contributed by atoms with Gasteiger partial charge >= 0.3 is 0 Å². The first-order valence-electron chi connectivity index (χ1n) is 8.26. The fourth-order valence-corrected chi connectivity index (χ4v) is 2.53. The van der Waals surface area contributed by atoms with Crippen molar-refractivity contribution in [3.63, 3.8) is 0 Å². The maximum absolute atomic E-state index is 13.7. The minimum absolute atomic E-state index is 0.196. The van der Waals surface area contributed by atoms with Crippen LogP contribution in [0.25, 0.3) is 0 Å². The van der Waals surface area contributed by atoms with Gasteiger partial charge in [-0.25, -0.2) is 4.39 Å². The molecule has 0 amide bonds. The van der Waals surface area contributed by atoms with Crippen molar-refractivity contribution in [3.8, 4) is 5.75 Å². The second-order valence-corrected chi connectivity index (χ2v) is 5.95. The van der Waals surface area contributed by atoms with Crippen LogP contribution in [0.4, 0.5) is 4.39 Å². The molecule has 0 aliphatic carbocycles. The summed E-state index contributed by atoms with van der Waals surface area (Å²) in [6.07, 6.45) is 1.06. The van der Waals surface area contributed by atoms with Crippen molar-refractivity contribution in [2.75, 3.05) is 19.6 Å². The van der Waals surface area contributed by atoms with Crippen LogP contribution >= 0.6 is 11.6 Å². The Morgan fingerprint density at radius 2 is 1.83 bits per heavy atom. The largest absolute Gasteiger partial charge is 0.488 e. The van der Waals surface area contributed by atoms with Gasteiger partial charge in [-0.15, -0.1) is 0 Å². The molecule has 2 aromatic carbocycles. The Balaban J connectivity index is 1.91. The smallest absolute Gasteiger partial charge is 0.129 e. The van der Waals surface area contributed by atoms with Crippen molar-refractivity contribution in [1.82, 2.24) is 10.6 Å². The van der Waals surface area contributed by atoms with Crippen LogP contribution in [-0.4, -0.2) is 19.6 Å². The SMILES string of the molecule is CCNCCCNCc1cc(Cl)ccc1OCc1ccccc1F. The quantitative estimate of drug-likeness (QED) is 0.632. The van der Waals surface area contributed by atoms with Crippen molar-refractivity contribution < 1.29 is 9.13 Å². The lowest BCUT2D eigenvalue weighted by molar-refractivity contribution is 0.296. The van der Waals surface area contributed by atoms with E-state index in [0.717, 1.165) is 37.4 Å². The summed E-state index contributed by atoms with van der Waals surface area (Å²) in [5.74, 6) is 0.469. The van der Waals surface area contributed by atoms with Crippen molar-refractivity contribution in [3.05, 3.63) is 64.4 Å². The maximum atomic E-state index is 13.7. The number of hydrogen-bond donors (Lipinski definition) is 2. The zero-order chi connectivity index (χ0) is 17.2. The molecule has 0 saturated carbocycles. The molecule has 2 rings (SSSR count). The van der Waals surface area contributed by atoms with Crippen molar-refractivity contribution in [2.24, 2.45) is 0 Å². The Bertz CT molecular complexity index is 637.